The minimum Gasteiger partial charge on any atom is -0.394 e. The predicted octanol–water partition coefficient (Wildman–Crippen LogP) is 1.87. The number of aliphatic hydroxyl groups is 1. The molecule has 1 aromatic rings. The molecule has 3 rings (SSSR count). The van der Waals surface area contributed by atoms with Gasteiger partial charge in [0, 0.05) is 31.2 Å². The van der Waals surface area contributed by atoms with Gasteiger partial charge in [-0.2, -0.15) is 0 Å². The van der Waals surface area contributed by atoms with E-state index in [9.17, 15) is 14.7 Å². The molecule has 0 radical (unpaired) electrons. The van der Waals surface area contributed by atoms with Crippen molar-refractivity contribution in [2.75, 3.05) is 31.1 Å². The van der Waals surface area contributed by atoms with E-state index in [1.54, 1.807) is 9.80 Å². The quantitative estimate of drug-likeness (QED) is 0.749. The number of aliphatic hydroxyl groups excluding tert-OH is 1. The van der Waals surface area contributed by atoms with E-state index in [2.05, 4.69) is 10.6 Å². The van der Waals surface area contributed by atoms with Gasteiger partial charge in [-0.25, -0.2) is 9.59 Å². The zero-order valence-corrected chi connectivity index (χ0v) is 15.4. The van der Waals surface area contributed by atoms with Crippen LogP contribution in [0.1, 0.15) is 38.2 Å². The normalized spacial score (nSPS) is 23.6. The molecule has 2 aliphatic rings. The van der Waals surface area contributed by atoms with E-state index in [1.807, 2.05) is 38.1 Å². The van der Waals surface area contributed by atoms with Crippen LogP contribution in [0.2, 0.25) is 0 Å². The summed E-state index contributed by atoms with van der Waals surface area (Å²) < 4.78 is 0. The molecule has 3 atom stereocenters. The van der Waals surface area contributed by atoms with Crippen molar-refractivity contribution in [2.24, 2.45) is 0 Å². The smallest absolute Gasteiger partial charge is 0.321 e. The second kappa shape index (κ2) is 7.95. The number of carbonyl (C=O) groups excluding carboxylic acids is 2. The van der Waals surface area contributed by atoms with E-state index in [4.69, 9.17) is 0 Å². The minimum atomic E-state index is -0.251. The first-order chi connectivity index (χ1) is 12.6. The lowest BCUT2D eigenvalue weighted by molar-refractivity contribution is -0.00687. The summed E-state index contributed by atoms with van der Waals surface area (Å²) in [6.45, 7) is 5.58. The highest BCUT2D eigenvalue weighted by Gasteiger charge is 2.55. The van der Waals surface area contributed by atoms with Crippen LogP contribution in [0.5, 0.6) is 0 Å². The molecule has 26 heavy (non-hydrogen) atoms. The van der Waals surface area contributed by atoms with E-state index < -0.39 is 0 Å². The third kappa shape index (κ3) is 3.11. The lowest BCUT2D eigenvalue weighted by Gasteiger charge is -2.58. The molecule has 7 heteroatoms. The fraction of sp³-hybridized carbons (Fsp3) is 0.579. The van der Waals surface area contributed by atoms with Gasteiger partial charge < -0.3 is 20.6 Å². The molecule has 0 aliphatic carbocycles. The summed E-state index contributed by atoms with van der Waals surface area (Å²) in [5.74, 6) is 0.0544. The highest BCUT2D eigenvalue weighted by atomic mass is 16.3. The van der Waals surface area contributed by atoms with Crippen molar-refractivity contribution in [2.45, 2.75) is 44.7 Å². The number of likely N-dealkylation sites (tertiary alicyclic amines) is 1. The second-order valence-corrected chi connectivity index (χ2v) is 6.88. The number of fused-ring (bicyclic) bond motifs is 3. The fourth-order valence-corrected chi connectivity index (χ4v) is 4.01. The van der Waals surface area contributed by atoms with Crippen LogP contribution in [0.25, 0.3) is 0 Å². The largest absolute Gasteiger partial charge is 0.394 e. The van der Waals surface area contributed by atoms with Gasteiger partial charge in [0.05, 0.1) is 18.7 Å². The Labute approximate surface area is 154 Å². The Morgan fingerprint density at radius 1 is 1.12 bits per heavy atom. The maximum Gasteiger partial charge on any atom is 0.321 e. The highest BCUT2D eigenvalue weighted by molar-refractivity contribution is 5.94. The van der Waals surface area contributed by atoms with Crippen LogP contribution >= 0.6 is 0 Å². The van der Waals surface area contributed by atoms with Crippen molar-refractivity contribution in [3.8, 4) is 0 Å². The maximum atomic E-state index is 12.6. The zero-order chi connectivity index (χ0) is 18.7. The van der Waals surface area contributed by atoms with Crippen LogP contribution in [0, 0.1) is 0 Å². The van der Waals surface area contributed by atoms with Gasteiger partial charge >= 0.3 is 12.1 Å². The third-order valence-electron chi connectivity index (χ3n) is 5.22. The number of amides is 4. The summed E-state index contributed by atoms with van der Waals surface area (Å²) in [6.07, 6.45) is 1.72. The van der Waals surface area contributed by atoms with E-state index in [-0.39, 0.29) is 36.7 Å². The van der Waals surface area contributed by atoms with Crippen molar-refractivity contribution in [3.63, 3.8) is 0 Å². The van der Waals surface area contributed by atoms with Crippen LogP contribution in [-0.2, 0) is 0 Å². The molecular formula is C19H28N4O3. The number of nitrogens with one attached hydrogen (secondary N) is 2. The number of anilines is 1. The Kier molecular flexibility index (Phi) is 5.66. The molecule has 142 valence electrons. The molecule has 0 unspecified atom stereocenters. The maximum absolute atomic E-state index is 12.6. The number of rotatable bonds is 5. The molecule has 2 heterocycles. The van der Waals surface area contributed by atoms with E-state index in [1.165, 1.54) is 0 Å². The third-order valence-corrected chi connectivity index (χ3v) is 5.22. The first kappa shape index (κ1) is 18.5. The first-order valence-corrected chi connectivity index (χ1v) is 9.45. The Morgan fingerprint density at radius 2 is 1.77 bits per heavy atom. The summed E-state index contributed by atoms with van der Waals surface area (Å²) in [5, 5.41) is 15.7. The lowest BCUT2D eigenvalue weighted by atomic mass is 9.72. The average Bonchev–Trinajstić information content (AvgIpc) is 2.64. The molecular weight excluding hydrogens is 332 g/mol. The molecule has 7 nitrogen and oxygen atoms in total. The van der Waals surface area contributed by atoms with Crippen LogP contribution < -0.4 is 15.5 Å². The zero-order valence-electron chi connectivity index (χ0n) is 15.4. The number of para-hydroxylation sites is 1. The molecule has 0 saturated carbocycles. The number of hydrogen-bond donors (Lipinski definition) is 3. The molecule has 1 fully saturated rings. The molecule has 1 saturated heterocycles. The van der Waals surface area contributed by atoms with Gasteiger partial charge in [0.15, 0.2) is 0 Å². The van der Waals surface area contributed by atoms with Crippen LogP contribution in [0.4, 0.5) is 15.3 Å². The molecule has 4 amide bonds. The number of hydrogen-bond acceptors (Lipinski definition) is 3. The summed E-state index contributed by atoms with van der Waals surface area (Å²) in [5.41, 5.74) is 1.89. The SMILES string of the molecule is CCCNC(=O)N1C[C@@H]2[C@H](c3ccccc31)[C@H](CO)N2C(=O)NCCC. The van der Waals surface area contributed by atoms with E-state index >= 15 is 0 Å². The second-order valence-electron chi connectivity index (χ2n) is 6.88. The van der Waals surface area contributed by atoms with E-state index in [0.717, 1.165) is 24.1 Å². The summed E-state index contributed by atoms with van der Waals surface area (Å²) in [7, 11) is 0. The van der Waals surface area contributed by atoms with Gasteiger partial charge in [-0.15, -0.1) is 0 Å². The van der Waals surface area contributed by atoms with Crippen LogP contribution in [0.3, 0.4) is 0 Å². The molecule has 0 bridgehead atoms. The van der Waals surface area contributed by atoms with Crippen LogP contribution in [0.15, 0.2) is 24.3 Å². The van der Waals surface area contributed by atoms with Crippen molar-refractivity contribution in [1.82, 2.24) is 15.5 Å². The van der Waals surface area contributed by atoms with Gasteiger partial charge in [0.25, 0.3) is 0 Å². The number of carbonyl (C=O) groups is 2. The lowest BCUT2D eigenvalue weighted by Crippen LogP contribution is -2.72. The Morgan fingerprint density at radius 3 is 2.42 bits per heavy atom. The van der Waals surface area contributed by atoms with Gasteiger partial charge in [-0.05, 0) is 24.5 Å². The highest BCUT2D eigenvalue weighted by Crippen LogP contribution is 2.48. The first-order valence-electron chi connectivity index (χ1n) is 9.45. The monoisotopic (exact) mass is 360 g/mol. The molecule has 2 aliphatic heterocycles. The van der Waals surface area contributed by atoms with Gasteiger partial charge in [0.1, 0.15) is 0 Å². The molecule has 1 aromatic carbocycles. The fourth-order valence-electron chi connectivity index (χ4n) is 4.01. The van der Waals surface area contributed by atoms with Crippen molar-refractivity contribution < 1.29 is 14.7 Å². The molecule has 0 spiro atoms. The standard InChI is InChI=1S/C19H28N4O3/c1-3-9-20-18(25)22-11-15-17(13-7-5-6-8-14(13)22)16(12-24)23(15)19(26)21-10-4-2/h5-8,15-17,24H,3-4,9-12H2,1-2H3,(H,20,25)(H,21,26)/t15-,16+,17+/m1/s1. The number of nitrogens with zero attached hydrogens (tertiary/aromatic N) is 2. The summed E-state index contributed by atoms with van der Waals surface area (Å²) in [4.78, 5) is 28.6. The topological polar surface area (TPSA) is 84.9 Å². The van der Waals surface area contributed by atoms with Crippen molar-refractivity contribution in [1.29, 1.82) is 0 Å². The summed E-state index contributed by atoms with van der Waals surface area (Å²) >= 11 is 0. The van der Waals surface area contributed by atoms with Gasteiger partial charge in [-0.3, -0.25) is 4.90 Å². The van der Waals surface area contributed by atoms with Gasteiger partial charge in [-0.1, -0.05) is 32.0 Å². The predicted molar refractivity (Wildman–Crippen MR) is 100 cm³/mol. The van der Waals surface area contributed by atoms with E-state index in [0.29, 0.717) is 19.6 Å². The Bertz CT molecular complexity index is 666. The summed E-state index contributed by atoms with van der Waals surface area (Å²) in [6, 6.07) is 7.11. The Balaban J connectivity index is 1.88. The molecule has 0 aromatic heterocycles. The van der Waals surface area contributed by atoms with Crippen molar-refractivity contribution in [3.05, 3.63) is 29.8 Å². The average molecular weight is 360 g/mol. The van der Waals surface area contributed by atoms with Gasteiger partial charge in [0.2, 0.25) is 0 Å². The number of benzene rings is 1. The molecule has 3 N–H and O–H groups in total. The Hall–Kier alpha value is -2.28. The van der Waals surface area contributed by atoms with Crippen LogP contribution in [-0.4, -0.2) is 60.4 Å². The van der Waals surface area contributed by atoms with Crippen molar-refractivity contribution >= 4 is 17.7 Å². The number of urea groups is 2. The minimum absolute atomic E-state index is 0.0544.